The Morgan fingerprint density at radius 2 is 1.93 bits per heavy atom. The van der Waals surface area contributed by atoms with E-state index in [4.69, 9.17) is 5.73 Å². The molecule has 2 fully saturated rings. The second-order valence-electron chi connectivity index (χ2n) is 4.45. The van der Waals surface area contributed by atoms with Crippen LogP contribution in [0.2, 0.25) is 0 Å². The lowest BCUT2D eigenvalue weighted by atomic mass is 10.3. The zero-order valence-electron chi connectivity index (χ0n) is 8.76. The maximum absolute atomic E-state index is 11.8. The summed E-state index contributed by atoms with van der Waals surface area (Å²) in [6.07, 6.45) is 4.08. The molecular weight excluding hydrogens is 236 g/mol. The molecular formula is C9H19ClN2O2S. The zero-order valence-corrected chi connectivity index (χ0v) is 10.4. The van der Waals surface area contributed by atoms with Crippen molar-refractivity contribution >= 4 is 22.4 Å². The van der Waals surface area contributed by atoms with Crippen LogP contribution < -0.4 is 5.73 Å². The van der Waals surface area contributed by atoms with E-state index in [-0.39, 0.29) is 18.4 Å². The number of hydrogen-bond acceptors (Lipinski definition) is 3. The average Bonchev–Trinajstić information content (AvgIpc) is 2.85. The van der Waals surface area contributed by atoms with Gasteiger partial charge in [-0.15, -0.1) is 12.4 Å². The van der Waals surface area contributed by atoms with Gasteiger partial charge in [0.25, 0.3) is 0 Å². The molecule has 0 spiro atoms. The van der Waals surface area contributed by atoms with Crippen molar-refractivity contribution in [1.82, 2.24) is 4.31 Å². The molecule has 0 amide bonds. The van der Waals surface area contributed by atoms with E-state index >= 15 is 0 Å². The van der Waals surface area contributed by atoms with E-state index in [0.29, 0.717) is 24.8 Å². The fourth-order valence-corrected chi connectivity index (χ4v) is 3.55. The van der Waals surface area contributed by atoms with Crippen LogP contribution in [0.15, 0.2) is 0 Å². The smallest absolute Gasteiger partial charge is 0.214 e. The quantitative estimate of drug-likeness (QED) is 0.798. The molecule has 1 atom stereocenters. The van der Waals surface area contributed by atoms with Crippen molar-refractivity contribution in [1.29, 1.82) is 0 Å². The molecule has 0 bridgehead atoms. The standard InChI is InChI=1S/C9H18N2O2S.ClH/c10-9-3-5-11(7-9)14(12,13)6-4-8-1-2-8;/h8-9H,1-7,10H2;1H/t9-;/m0./s1. The van der Waals surface area contributed by atoms with Gasteiger partial charge in [-0.3, -0.25) is 0 Å². The highest BCUT2D eigenvalue weighted by molar-refractivity contribution is 7.89. The summed E-state index contributed by atoms with van der Waals surface area (Å²) in [5.41, 5.74) is 5.68. The molecule has 0 aromatic heterocycles. The SMILES string of the molecule is Cl.N[C@H]1CCN(S(=O)(=O)CCC2CC2)C1. The maximum atomic E-state index is 11.8. The highest BCUT2D eigenvalue weighted by Gasteiger charge is 2.31. The Morgan fingerprint density at radius 1 is 1.27 bits per heavy atom. The Hall–Kier alpha value is 0.160. The summed E-state index contributed by atoms with van der Waals surface area (Å²) in [7, 11) is -2.99. The third-order valence-corrected chi connectivity index (χ3v) is 4.93. The van der Waals surface area contributed by atoms with Gasteiger partial charge in [0.1, 0.15) is 0 Å². The van der Waals surface area contributed by atoms with Crippen molar-refractivity contribution in [2.75, 3.05) is 18.8 Å². The molecule has 1 heterocycles. The van der Waals surface area contributed by atoms with Crippen LogP contribution in [0, 0.1) is 5.92 Å². The van der Waals surface area contributed by atoms with E-state index in [0.717, 1.165) is 12.8 Å². The van der Waals surface area contributed by atoms with E-state index in [2.05, 4.69) is 0 Å². The summed E-state index contributed by atoms with van der Waals surface area (Å²) < 4.78 is 25.1. The van der Waals surface area contributed by atoms with Gasteiger partial charge in [-0.25, -0.2) is 12.7 Å². The van der Waals surface area contributed by atoms with E-state index < -0.39 is 10.0 Å². The van der Waals surface area contributed by atoms with Gasteiger partial charge < -0.3 is 5.73 Å². The van der Waals surface area contributed by atoms with Gasteiger partial charge in [-0.05, 0) is 18.8 Å². The van der Waals surface area contributed by atoms with E-state index in [1.165, 1.54) is 12.8 Å². The van der Waals surface area contributed by atoms with Crippen LogP contribution >= 0.6 is 12.4 Å². The summed E-state index contributed by atoms with van der Waals surface area (Å²) in [5, 5.41) is 0. The second kappa shape index (κ2) is 4.99. The Labute approximate surface area is 97.7 Å². The van der Waals surface area contributed by atoms with Crippen LogP contribution in [0.25, 0.3) is 0 Å². The topological polar surface area (TPSA) is 63.4 Å². The van der Waals surface area contributed by atoms with Crippen LogP contribution in [0.3, 0.4) is 0 Å². The normalized spacial score (nSPS) is 27.7. The number of nitrogens with zero attached hydrogens (tertiary/aromatic N) is 1. The molecule has 1 saturated heterocycles. The van der Waals surface area contributed by atoms with Crippen LogP contribution in [0.1, 0.15) is 25.7 Å². The Morgan fingerprint density at radius 3 is 2.40 bits per heavy atom. The molecule has 1 aliphatic heterocycles. The molecule has 0 aromatic carbocycles. The minimum Gasteiger partial charge on any atom is -0.326 e. The number of rotatable bonds is 4. The van der Waals surface area contributed by atoms with Crippen LogP contribution in [-0.4, -0.2) is 37.6 Å². The van der Waals surface area contributed by atoms with Gasteiger partial charge in [0.15, 0.2) is 0 Å². The first kappa shape index (κ1) is 13.2. The molecule has 2 aliphatic rings. The third kappa shape index (κ3) is 3.59. The van der Waals surface area contributed by atoms with Crippen molar-refractivity contribution in [3.8, 4) is 0 Å². The molecule has 15 heavy (non-hydrogen) atoms. The number of halogens is 1. The van der Waals surface area contributed by atoms with Gasteiger partial charge in [0.2, 0.25) is 10.0 Å². The van der Waals surface area contributed by atoms with E-state index in [1.807, 2.05) is 0 Å². The fourth-order valence-electron chi connectivity index (χ4n) is 1.86. The number of hydrogen-bond donors (Lipinski definition) is 1. The minimum atomic E-state index is -2.99. The minimum absolute atomic E-state index is 0. The molecule has 90 valence electrons. The van der Waals surface area contributed by atoms with Gasteiger partial charge >= 0.3 is 0 Å². The highest BCUT2D eigenvalue weighted by atomic mass is 35.5. The molecule has 2 rings (SSSR count). The van der Waals surface area contributed by atoms with Crippen molar-refractivity contribution < 1.29 is 8.42 Å². The third-order valence-electron chi connectivity index (χ3n) is 3.06. The Kier molecular flexibility index (Phi) is 4.40. The van der Waals surface area contributed by atoms with Gasteiger partial charge in [0.05, 0.1) is 5.75 Å². The van der Waals surface area contributed by atoms with E-state index in [1.54, 1.807) is 4.31 Å². The molecule has 1 aliphatic carbocycles. The first-order valence-electron chi connectivity index (χ1n) is 5.31. The summed E-state index contributed by atoms with van der Waals surface area (Å²) in [4.78, 5) is 0. The summed E-state index contributed by atoms with van der Waals surface area (Å²) in [6, 6.07) is 0.0469. The molecule has 1 saturated carbocycles. The van der Waals surface area contributed by atoms with Crippen LogP contribution in [-0.2, 0) is 10.0 Å². The van der Waals surface area contributed by atoms with Crippen LogP contribution in [0.5, 0.6) is 0 Å². The van der Waals surface area contributed by atoms with Crippen molar-refractivity contribution in [3.05, 3.63) is 0 Å². The Bertz CT molecular complexity index is 303. The van der Waals surface area contributed by atoms with Crippen molar-refractivity contribution in [2.45, 2.75) is 31.7 Å². The Balaban J connectivity index is 0.00000112. The highest BCUT2D eigenvalue weighted by Crippen LogP contribution is 2.33. The van der Waals surface area contributed by atoms with Gasteiger partial charge in [-0.2, -0.15) is 0 Å². The number of nitrogens with two attached hydrogens (primary N) is 1. The van der Waals surface area contributed by atoms with Crippen molar-refractivity contribution in [2.24, 2.45) is 11.7 Å². The lowest BCUT2D eigenvalue weighted by molar-refractivity contribution is 0.469. The first-order valence-corrected chi connectivity index (χ1v) is 6.92. The number of sulfonamides is 1. The molecule has 6 heteroatoms. The molecule has 0 radical (unpaired) electrons. The first-order chi connectivity index (χ1) is 6.58. The monoisotopic (exact) mass is 254 g/mol. The van der Waals surface area contributed by atoms with E-state index in [9.17, 15) is 8.42 Å². The lowest BCUT2D eigenvalue weighted by Crippen LogP contribution is -2.33. The fraction of sp³-hybridized carbons (Fsp3) is 1.00. The lowest BCUT2D eigenvalue weighted by Gasteiger charge is -2.15. The zero-order chi connectivity index (χ0) is 10.2. The van der Waals surface area contributed by atoms with Gasteiger partial charge in [-0.1, -0.05) is 12.8 Å². The van der Waals surface area contributed by atoms with Crippen LogP contribution in [0.4, 0.5) is 0 Å². The molecule has 2 N–H and O–H groups in total. The van der Waals surface area contributed by atoms with Crippen molar-refractivity contribution in [3.63, 3.8) is 0 Å². The molecule has 0 unspecified atom stereocenters. The van der Waals surface area contributed by atoms with Gasteiger partial charge in [0, 0.05) is 19.1 Å². The predicted octanol–water partition coefficient (Wildman–Crippen LogP) is 0.571. The predicted molar refractivity (Wildman–Crippen MR) is 62.5 cm³/mol. The second-order valence-corrected chi connectivity index (χ2v) is 6.54. The largest absolute Gasteiger partial charge is 0.326 e. The molecule has 0 aromatic rings. The summed E-state index contributed by atoms with van der Waals surface area (Å²) in [6.45, 7) is 1.14. The molecule has 4 nitrogen and oxygen atoms in total. The summed E-state index contributed by atoms with van der Waals surface area (Å²) in [5.74, 6) is 1.01. The summed E-state index contributed by atoms with van der Waals surface area (Å²) >= 11 is 0. The maximum Gasteiger partial charge on any atom is 0.214 e. The average molecular weight is 255 g/mol.